The summed E-state index contributed by atoms with van der Waals surface area (Å²) in [5.41, 5.74) is 5.89. The molecule has 0 fully saturated rings. The van der Waals surface area contributed by atoms with E-state index in [2.05, 4.69) is 9.97 Å². The highest BCUT2D eigenvalue weighted by Gasteiger charge is 2.25. The van der Waals surface area contributed by atoms with Gasteiger partial charge in [0.05, 0.1) is 18.9 Å². The van der Waals surface area contributed by atoms with Crippen molar-refractivity contribution < 1.29 is 27.1 Å². The predicted octanol–water partition coefficient (Wildman–Crippen LogP) is 4.44. The number of carbonyl (C=O) groups excluding carboxylic acids is 1. The van der Waals surface area contributed by atoms with Crippen molar-refractivity contribution in [3.05, 3.63) is 59.9 Å². The molecule has 3 N–H and O–H groups in total. The maximum Gasteiger partial charge on any atom is 0.281 e. The van der Waals surface area contributed by atoms with Crippen molar-refractivity contribution >= 4 is 21.7 Å². The molecule has 198 valence electrons. The first-order valence-corrected chi connectivity index (χ1v) is 13.1. The fraction of sp³-hybridized carbons (Fsp3) is 0.346. The van der Waals surface area contributed by atoms with Crippen molar-refractivity contribution in [2.24, 2.45) is 11.3 Å². The van der Waals surface area contributed by atoms with Crippen molar-refractivity contribution in [3.63, 3.8) is 0 Å². The Bertz CT molecular complexity index is 1390. The topological polar surface area (TPSA) is 134 Å². The number of halogens is 1. The molecule has 1 amide bonds. The first-order chi connectivity index (χ1) is 17.2. The minimum atomic E-state index is -4.32. The van der Waals surface area contributed by atoms with Crippen LogP contribution in [-0.4, -0.2) is 37.5 Å². The van der Waals surface area contributed by atoms with Gasteiger partial charge in [0.1, 0.15) is 22.9 Å². The zero-order chi connectivity index (χ0) is 27.4. The Hall–Kier alpha value is -3.73. The third-order valence-electron chi connectivity index (χ3n) is 4.74. The van der Waals surface area contributed by atoms with Gasteiger partial charge in [-0.15, -0.1) is 0 Å². The molecule has 9 nitrogen and oxygen atoms in total. The zero-order valence-electron chi connectivity index (χ0n) is 21.4. The van der Waals surface area contributed by atoms with Crippen LogP contribution in [0.5, 0.6) is 11.6 Å². The second-order valence-electron chi connectivity index (χ2n) is 10.1. The van der Waals surface area contributed by atoms with Gasteiger partial charge >= 0.3 is 0 Å². The highest BCUT2D eigenvalue weighted by atomic mass is 32.2. The van der Waals surface area contributed by atoms with Gasteiger partial charge in [-0.2, -0.15) is 8.42 Å². The summed E-state index contributed by atoms with van der Waals surface area (Å²) in [6.07, 6.45) is 0. The standard InChI is InChI=1S/C26H31FN4O5S/c1-16(2)14-35-19-12-17(11-18(27)13-19)21-10-9-20(25(29-21)36-15-26(3,4)5)24(32)31-37(33,34)23-8-6-7-22(28)30-23/h6-13,16H,14-15H2,1-5H3,(H2,28,30)(H,31,32). The average molecular weight is 531 g/mol. The van der Waals surface area contributed by atoms with Crippen molar-refractivity contribution in [1.29, 1.82) is 0 Å². The maximum absolute atomic E-state index is 14.3. The molecule has 0 saturated heterocycles. The zero-order valence-corrected chi connectivity index (χ0v) is 22.2. The van der Waals surface area contributed by atoms with Gasteiger partial charge in [0.2, 0.25) is 5.88 Å². The normalized spacial score (nSPS) is 11.9. The van der Waals surface area contributed by atoms with Gasteiger partial charge < -0.3 is 15.2 Å². The second-order valence-corrected chi connectivity index (χ2v) is 11.7. The van der Waals surface area contributed by atoms with Crippen LogP contribution < -0.4 is 19.9 Å². The van der Waals surface area contributed by atoms with Crippen molar-refractivity contribution in [2.45, 2.75) is 39.6 Å². The Morgan fingerprint density at radius 2 is 1.81 bits per heavy atom. The molecular formula is C26H31FN4O5S. The van der Waals surface area contributed by atoms with Crippen LogP contribution in [0.3, 0.4) is 0 Å². The molecule has 0 radical (unpaired) electrons. The molecule has 0 aliphatic rings. The number of hydrogen-bond donors (Lipinski definition) is 2. The molecule has 0 atom stereocenters. The number of pyridine rings is 2. The molecule has 11 heteroatoms. The second kappa shape index (κ2) is 11.1. The molecule has 37 heavy (non-hydrogen) atoms. The third-order valence-corrected chi connectivity index (χ3v) is 5.98. The van der Waals surface area contributed by atoms with Gasteiger partial charge in [0, 0.05) is 11.6 Å². The Morgan fingerprint density at radius 3 is 2.46 bits per heavy atom. The number of sulfonamides is 1. The molecule has 3 aromatic rings. The molecule has 0 spiro atoms. The maximum atomic E-state index is 14.3. The number of carbonyl (C=O) groups is 1. The number of nitrogens with one attached hydrogen (secondary N) is 1. The smallest absolute Gasteiger partial charge is 0.281 e. The highest BCUT2D eigenvalue weighted by Crippen LogP contribution is 2.29. The van der Waals surface area contributed by atoms with E-state index < -0.39 is 26.8 Å². The molecule has 0 bridgehead atoms. The lowest BCUT2D eigenvalue weighted by Crippen LogP contribution is -2.32. The fourth-order valence-electron chi connectivity index (χ4n) is 3.04. The van der Waals surface area contributed by atoms with E-state index in [0.717, 1.165) is 0 Å². The van der Waals surface area contributed by atoms with Gasteiger partial charge in [-0.25, -0.2) is 19.1 Å². The Kier molecular flexibility index (Phi) is 8.37. The number of nitrogen functional groups attached to an aromatic ring is 1. The van der Waals surface area contributed by atoms with E-state index in [1.807, 2.05) is 39.3 Å². The van der Waals surface area contributed by atoms with Crippen molar-refractivity contribution in [3.8, 4) is 22.9 Å². The van der Waals surface area contributed by atoms with Gasteiger partial charge in [0.25, 0.3) is 15.9 Å². The van der Waals surface area contributed by atoms with E-state index in [0.29, 0.717) is 23.6 Å². The van der Waals surface area contributed by atoms with Crippen LogP contribution in [0.25, 0.3) is 11.3 Å². The van der Waals surface area contributed by atoms with E-state index in [-0.39, 0.29) is 35.2 Å². The minimum Gasteiger partial charge on any atom is -0.493 e. The van der Waals surface area contributed by atoms with Crippen LogP contribution in [0.4, 0.5) is 10.2 Å². The Morgan fingerprint density at radius 1 is 1.08 bits per heavy atom. The quantitative estimate of drug-likeness (QED) is 0.415. The molecule has 1 aromatic carbocycles. The van der Waals surface area contributed by atoms with E-state index in [4.69, 9.17) is 15.2 Å². The number of rotatable bonds is 9. The lowest BCUT2D eigenvalue weighted by molar-refractivity contribution is 0.0972. The summed E-state index contributed by atoms with van der Waals surface area (Å²) >= 11 is 0. The molecule has 0 saturated carbocycles. The molecule has 3 rings (SSSR count). The molecule has 0 aliphatic heterocycles. The first-order valence-electron chi connectivity index (χ1n) is 11.6. The van der Waals surface area contributed by atoms with Crippen LogP contribution in [0.2, 0.25) is 0 Å². The lowest BCUT2D eigenvalue weighted by atomic mass is 9.99. The lowest BCUT2D eigenvalue weighted by Gasteiger charge is -2.20. The average Bonchev–Trinajstić information content (AvgIpc) is 2.80. The van der Waals surface area contributed by atoms with Crippen molar-refractivity contribution in [1.82, 2.24) is 14.7 Å². The van der Waals surface area contributed by atoms with Crippen molar-refractivity contribution in [2.75, 3.05) is 18.9 Å². The largest absolute Gasteiger partial charge is 0.493 e. The SMILES string of the molecule is CC(C)COc1cc(F)cc(-c2ccc(C(=O)NS(=O)(=O)c3cccc(N)n3)c(OCC(C)(C)C)n2)c1. The summed E-state index contributed by atoms with van der Waals surface area (Å²) in [6, 6.07) is 11.1. The molecule has 0 aliphatic carbocycles. The summed E-state index contributed by atoms with van der Waals surface area (Å²) < 4.78 is 53.2. The van der Waals surface area contributed by atoms with E-state index in [1.54, 1.807) is 6.07 Å². The van der Waals surface area contributed by atoms with Gasteiger partial charge in [-0.05, 0) is 47.7 Å². The first kappa shape index (κ1) is 27.9. The van der Waals surface area contributed by atoms with Gasteiger partial charge in [-0.1, -0.05) is 40.7 Å². The Balaban J connectivity index is 1.98. The summed E-state index contributed by atoms with van der Waals surface area (Å²) in [6.45, 7) is 10.3. The summed E-state index contributed by atoms with van der Waals surface area (Å²) in [7, 11) is -4.32. The highest BCUT2D eigenvalue weighted by molar-refractivity contribution is 7.90. The van der Waals surface area contributed by atoms with E-state index in [9.17, 15) is 17.6 Å². The minimum absolute atomic E-state index is 0.0117. The predicted molar refractivity (Wildman–Crippen MR) is 138 cm³/mol. The van der Waals surface area contributed by atoms with Crippen LogP contribution >= 0.6 is 0 Å². The number of anilines is 1. The van der Waals surface area contributed by atoms with Crippen LogP contribution in [0.15, 0.2) is 53.6 Å². The number of nitrogens with zero attached hydrogens (tertiary/aromatic N) is 2. The number of amides is 1. The van der Waals surface area contributed by atoms with Crippen LogP contribution in [0.1, 0.15) is 45.0 Å². The fourth-order valence-corrected chi connectivity index (χ4v) is 3.98. The number of benzene rings is 1. The van der Waals surface area contributed by atoms with Crippen LogP contribution in [0, 0.1) is 17.2 Å². The third kappa shape index (κ3) is 7.88. The van der Waals surface area contributed by atoms with Gasteiger partial charge in [0.15, 0.2) is 5.03 Å². The monoisotopic (exact) mass is 530 g/mol. The summed E-state index contributed by atoms with van der Waals surface area (Å²) in [5, 5.41) is -0.406. The number of nitrogens with two attached hydrogens (primary N) is 1. The molecule has 0 unspecified atom stereocenters. The Labute approximate surface area is 216 Å². The van der Waals surface area contributed by atoms with E-state index in [1.165, 1.54) is 42.5 Å². The van der Waals surface area contributed by atoms with Gasteiger partial charge in [-0.3, -0.25) is 4.79 Å². The number of hydrogen-bond acceptors (Lipinski definition) is 8. The van der Waals surface area contributed by atoms with Crippen LogP contribution in [-0.2, 0) is 10.0 Å². The molecule has 2 aromatic heterocycles. The molecular weight excluding hydrogens is 499 g/mol. The number of aromatic nitrogens is 2. The summed E-state index contributed by atoms with van der Waals surface area (Å²) in [5.74, 6) is -1.01. The number of ether oxygens (including phenoxy) is 2. The summed E-state index contributed by atoms with van der Waals surface area (Å²) in [4.78, 5) is 21.2. The van der Waals surface area contributed by atoms with E-state index >= 15 is 0 Å². The molecule has 2 heterocycles.